The second-order valence-electron chi connectivity index (χ2n) is 5.69. The lowest BCUT2D eigenvalue weighted by molar-refractivity contribution is -0.119. The summed E-state index contributed by atoms with van der Waals surface area (Å²) in [5, 5.41) is 2.89. The number of fused-ring (bicyclic) bond motifs is 1. The third kappa shape index (κ3) is 2.60. The van der Waals surface area contributed by atoms with E-state index in [0.29, 0.717) is 17.8 Å². The van der Waals surface area contributed by atoms with Crippen LogP contribution in [-0.4, -0.2) is 18.4 Å². The summed E-state index contributed by atoms with van der Waals surface area (Å²) >= 11 is 0. The molecular formula is C18H18N2O2. The van der Waals surface area contributed by atoms with Crippen LogP contribution < -0.4 is 10.2 Å². The Kier molecular flexibility index (Phi) is 3.67. The zero-order valence-corrected chi connectivity index (χ0v) is 12.7. The molecule has 112 valence electrons. The molecule has 2 aromatic carbocycles. The number of rotatable bonds is 1. The van der Waals surface area contributed by atoms with Gasteiger partial charge in [-0.15, -0.1) is 0 Å². The molecule has 0 fully saturated rings. The van der Waals surface area contributed by atoms with Crippen molar-refractivity contribution < 1.29 is 9.59 Å². The molecule has 0 spiro atoms. The van der Waals surface area contributed by atoms with Gasteiger partial charge in [-0.25, -0.2) is 0 Å². The van der Waals surface area contributed by atoms with Gasteiger partial charge in [0, 0.05) is 12.1 Å². The van der Waals surface area contributed by atoms with Crippen LogP contribution in [-0.2, 0) is 4.79 Å². The van der Waals surface area contributed by atoms with Gasteiger partial charge in [0.05, 0.1) is 17.3 Å². The van der Waals surface area contributed by atoms with Crippen LogP contribution in [0.1, 0.15) is 22.8 Å². The van der Waals surface area contributed by atoms with E-state index in [1.165, 1.54) is 0 Å². The quantitative estimate of drug-likeness (QED) is 0.878. The van der Waals surface area contributed by atoms with E-state index in [1.807, 2.05) is 62.4 Å². The second kappa shape index (κ2) is 5.64. The highest BCUT2D eigenvalue weighted by atomic mass is 16.2. The number of amides is 2. The first kappa shape index (κ1) is 14.3. The molecular weight excluding hydrogens is 276 g/mol. The van der Waals surface area contributed by atoms with Gasteiger partial charge in [-0.05, 0) is 31.2 Å². The van der Waals surface area contributed by atoms with Gasteiger partial charge in [-0.1, -0.05) is 36.8 Å². The van der Waals surface area contributed by atoms with Gasteiger partial charge in [0.1, 0.15) is 0 Å². The Morgan fingerprint density at radius 3 is 2.73 bits per heavy atom. The molecule has 0 bridgehead atoms. The molecule has 1 N–H and O–H groups in total. The van der Waals surface area contributed by atoms with E-state index < -0.39 is 0 Å². The van der Waals surface area contributed by atoms with Gasteiger partial charge < -0.3 is 10.2 Å². The molecule has 4 nitrogen and oxygen atoms in total. The number of benzene rings is 2. The number of nitrogens with zero attached hydrogens (tertiary/aromatic N) is 1. The van der Waals surface area contributed by atoms with Crippen LogP contribution in [0, 0.1) is 12.8 Å². The Labute approximate surface area is 129 Å². The van der Waals surface area contributed by atoms with Crippen LogP contribution in [0.3, 0.4) is 0 Å². The first-order valence-corrected chi connectivity index (χ1v) is 7.34. The number of carbonyl (C=O) groups is 2. The molecule has 0 saturated carbocycles. The van der Waals surface area contributed by atoms with Crippen molar-refractivity contribution in [2.75, 3.05) is 16.8 Å². The van der Waals surface area contributed by atoms with Crippen LogP contribution in [0.4, 0.5) is 11.4 Å². The number of nitrogens with one attached hydrogen (secondary N) is 1. The Balaban J connectivity index is 2.05. The van der Waals surface area contributed by atoms with Gasteiger partial charge in [0.25, 0.3) is 5.91 Å². The van der Waals surface area contributed by atoms with Gasteiger partial charge >= 0.3 is 0 Å². The highest BCUT2D eigenvalue weighted by Crippen LogP contribution is 2.31. The summed E-state index contributed by atoms with van der Waals surface area (Å²) in [7, 11) is 0. The first-order valence-electron chi connectivity index (χ1n) is 7.34. The van der Waals surface area contributed by atoms with Crippen molar-refractivity contribution in [2.24, 2.45) is 5.92 Å². The zero-order chi connectivity index (χ0) is 15.7. The molecule has 0 saturated heterocycles. The van der Waals surface area contributed by atoms with Gasteiger partial charge in [0.15, 0.2) is 0 Å². The molecule has 4 heteroatoms. The summed E-state index contributed by atoms with van der Waals surface area (Å²) in [6.45, 7) is 4.16. The molecule has 1 aliphatic rings. The minimum absolute atomic E-state index is 0.0630. The van der Waals surface area contributed by atoms with Crippen molar-refractivity contribution in [3.8, 4) is 0 Å². The molecule has 3 rings (SSSR count). The maximum absolute atomic E-state index is 12.9. The molecule has 0 radical (unpaired) electrons. The van der Waals surface area contributed by atoms with Crippen molar-refractivity contribution >= 4 is 23.2 Å². The van der Waals surface area contributed by atoms with Gasteiger partial charge in [-0.3, -0.25) is 9.59 Å². The van der Waals surface area contributed by atoms with Crippen molar-refractivity contribution in [3.05, 3.63) is 59.7 Å². The fourth-order valence-corrected chi connectivity index (χ4v) is 2.65. The number of hydrogen-bond donors (Lipinski definition) is 1. The van der Waals surface area contributed by atoms with E-state index >= 15 is 0 Å². The van der Waals surface area contributed by atoms with Crippen molar-refractivity contribution in [1.29, 1.82) is 0 Å². The SMILES string of the molecule is Cc1cccc(C(=O)N2C[C@H](C)C(=O)Nc3ccccc32)c1. The van der Waals surface area contributed by atoms with Crippen LogP contribution in [0.2, 0.25) is 0 Å². The Morgan fingerprint density at radius 2 is 1.95 bits per heavy atom. The number of hydrogen-bond acceptors (Lipinski definition) is 2. The van der Waals surface area contributed by atoms with E-state index in [2.05, 4.69) is 5.32 Å². The van der Waals surface area contributed by atoms with Crippen LogP contribution >= 0.6 is 0 Å². The molecule has 1 aliphatic heterocycles. The smallest absolute Gasteiger partial charge is 0.258 e. The lowest BCUT2D eigenvalue weighted by Crippen LogP contribution is -2.35. The van der Waals surface area contributed by atoms with Crippen LogP contribution in [0.5, 0.6) is 0 Å². The van der Waals surface area contributed by atoms with Crippen molar-refractivity contribution in [1.82, 2.24) is 0 Å². The average molecular weight is 294 g/mol. The zero-order valence-electron chi connectivity index (χ0n) is 12.7. The van der Waals surface area contributed by atoms with E-state index in [0.717, 1.165) is 11.3 Å². The molecule has 0 unspecified atom stereocenters. The highest BCUT2D eigenvalue weighted by Gasteiger charge is 2.28. The minimum Gasteiger partial charge on any atom is -0.324 e. The number of carbonyl (C=O) groups excluding carboxylic acids is 2. The third-order valence-corrected chi connectivity index (χ3v) is 3.87. The summed E-state index contributed by atoms with van der Waals surface area (Å²) in [5.41, 5.74) is 3.09. The normalized spacial score (nSPS) is 17.5. The highest BCUT2D eigenvalue weighted by molar-refractivity contribution is 6.10. The maximum Gasteiger partial charge on any atom is 0.258 e. The van der Waals surface area contributed by atoms with Crippen LogP contribution in [0.15, 0.2) is 48.5 Å². The average Bonchev–Trinajstić information content (AvgIpc) is 2.64. The van der Waals surface area contributed by atoms with Gasteiger partial charge in [0.2, 0.25) is 5.91 Å². The molecule has 2 amide bonds. The fourth-order valence-electron chi connectivity index (χ4n) is 2.65. The lowest BCUT2D eigenvalue weighted by atomic mass is 10.1. The first-order chi connectivity index (χ1) is 10.6. The Morgan fingerprint density at radius 1 is 1.18 bits per heavy atom. The summed E-state index contributed by atoms with van der Waals surface area (Å²) in [4.78, 5) is 26.7. The molecule has 0 aliphatic carbocycles. The minimum atomic E-state index is -0.263. The standard InChI is InChI=1S/C18H18N2O2/c1-12-6-5-7-14(10-12)18(22)20-11-13(2)17(21)19-15-8-3-4-9-16(15)20/h3-10,13H,11H2,1-2H3,(H,19,21)/t13-/m0/s1. The maximum atomic E-state index is 12.9. The number of aryl methyl sites for hydroxylation is 1. The molecule has 22 heavy (non-hydrogen) atoms. The predicted octanol–water partition coefficient (Wildman–Crippen LogP) is 3.23. The molecule has 0 aromatic heterocycles. The van der Waals surface area contributed by atoms with E-state index in [4.69, 9.17) is 0 Å². The van der Waals surface area contributed by atoms with Crippen LogP contribution in [0.25, 0.3) is 0 Å². The Bertz CT molecular complexity index is 739. The van der Waals surface area contributed by atoms with Crippen molar-refractivity contribution in [2.45, 2.75) is 13.8 Å². The number of anilines is 2. The van der Waals surface area contributed by atoms with Gasteiger partial charge in [-0.2, -0.15) is 0 Å². The predicted molar refractivity (Wildman–Crippen MR) is 87.1 cm³/mol. The summed E-state index contributed by atoms with van der Waals surface area (Å²) in [6.07, 6.45) is 0. The molecule has 1 atom stereocenters. The summed E-state index contributed by atoms with van der Waals surface area (Å²) < 4.78 is 0. The fraction of sp³-hybridized carbons (Fsp3) is 0.222. The second-order valence-corrected chi connectivity index (χ2v) is 5.69. The third-order valence-electron chi connectivity index (χ3n) is 3.87. The van der Waals surface area contributed by atoms with E-state index in [9.17, 15) is 9.59 Å². The van der Waals surface area contributed by atoms with Crippen molar-refractivity contribution in [3.63, 3.8) is 0 Å². The topological polar surface area (TPSA) is 49.4 Å². The van der Waals surface area contributed by atoms with E-state index in [-0.39, 0.29) is 17.7 Å². The summed E-state index contributed by atoms with van der Waals surface area (Å²) in [5.74, 6) is -0.410. The molecule has 1 heterocycles. The number of para-hydroxylation sites is 2. The lowest BCUT2D eigenvalue weighted by Gasteiger charge is -2.23. The monoisotopic (exact) mass is 294 g/mol. The molecule has 2 aromatic rings. The largest absolute Gasteiger partial charge is 0.324 e. The summed E-state index contributed by atoms with van der Waals surface area (Å²) in [6, 6.07) is 14.9. The van der Waals surface area contributed by atoms with E-state index in [1.54, 1.807) is 4.90 Å². The Hall–Kier alpha value is -2.62.